The van der Waals surface area contributed by atoms with Crippen molar-refractivity contribution in [2.75, 3.05) is 0 Å². The topological polar surface area (TPSA) is 24.7 Å². The summed E-state index contributed by atoms with van der Waals surface area (Å²) in [5.74, 6) is 0. The number of nitrogens with zero attached hydrogens (tertiary/aromatic N) is 2. The zero-order valence-corrected chi connectivity index (χ0v) is 10.7. The van der Waals surface area contributed by atoms with Crippen molar-refractivity contribution in [2.24, 2.45) is 10.2 Å². The third kappa shape index (κ3) is 4.03. The van der Waals surface area contributed by atoms with Crippen molar-refractivity contribution in [1.82, 2.24) is 0 Å². The number of benzene rings is 2. The largest absolute Gasteiger partial charge is 0.159 e. The third-order valence-electron chi connectivity index (χ3n) is 2.69. The van der Waals surface area contributed by atoms with Gasteiger partial charge in [-0.05, 0) is 23.1 Å². The Morgan fingerprint density at radius 1 is 0.842 bits per heavy atom. The summed E-state index contributed by atoms with van der Waals surface area (Å²) < 4.78 is 0. The van der Waals surface area contributed by atoms with Gasteiger partial charge in [0.15, 0.2) is 0 Å². The van der Waals surface area contributed by atoms with Crippen LogP contribution in [0.1, 0.15) is 16.7 Å². The Labute approximate surface area is 113 Å². The van der Waals surface area contributed by atoms with E-state index < -0.39 is 0 Å². The molecule has 2 aromatic rings. The molecular formula is C17H16N2. The van der Waals surface area contributed by atoms with Crippen LogP contribution in [0.5, 0.6) is 0 Å². The van der Waals surface area contributed by atoms with Gasteiger partial charge in [-0.2, -0.15) is 10.2 Å². The van der Waals surface area contributed by atoms with E-state index in [9.17, 15) is 0 Å². The van der Waals surface area contributed by atoms with E-state index in [1.54, 1.807) is 12.4 Å². The molecule has 0 spiro atoms. The fourth-order valence-electron chi connectivity index (χ4n) is 1.74. The first-order valence-corrected chi connectivity index (χ1v) is 6.20. The van der Waals surface area contributed by atoms with E-state index in [0.717, 1.165) is 17.5 Å². The molecule has 2 nitrogen and oxygen atoms in total. The fraction of sp³-hybridized carbons (Fsp3) is 0.0588. The van der Waals surface area contributed by atoms with Crippen molar-refractivity contribution >= 4 is 12.4 Å². The zero-order valence-electron chi connectivity index (χ0n) is 10.7. The van der Waals surface area contributed by atoms with Gasteiger partial charge in [-0.3, -0.25) is 0 Å². The van der Waals surface area contributed by atoms with Crippen LogP contribution < -0.4 is 0 Å². The van der Waals surface area contributed by atoms with Gasteiger partial charge in [0.1, 0.15) is 0 Å². The highest BCUT2D eigenvalue weighted by Crippen LogP contribution is 2.07. The molecule has 0 bridgehead atoms. The van der Waals surface area contributed by atoms with Crippen LogP contribution in [0.2, 0.25) is 0 Å². The second-order valence-electron chi connectivity index (χ2n) is 4.09. The summed E-state index contributed by atoms with van der Waals surface area (Å²) in [6, 6.07) is 18.0. The minimum atomic E-state index is 0.838. The highest BCUT2D eigenvalue weighted by Gasteiger charge is 1.95. The summed E-state index contributed by atoms with van der Waals surface area (Å²) in [6.07, 6.45) is 6.25. The molecule has 0 amide bonds. The molecule has 0 radical (unpaired) electrons. The lowest BCUT2D eigenvalue weighted by atomic mass is 10.1. The van der Waals surface area contributed by atoms with Gasteiger partial charge < -0.3 is 0 Å². The average molecular weight is 248 g/mol. The second-order valence-corrected chi connectivity index (χ2v) is 4.09. The molecule has 0 saturated carbocycles. The molecule has 0 aliphatic heterocycles. The number of hydrogen-bond donors (Lipinski definition) is 0. The first-order valence-electron chi connectivity index (χ1n) is 6.20. The molecular weight excluding hydrogens is 232 g/mol. The maximum absolute atomic E-state index is 4.09. The highest BCUT2D eigenvalue weighted by atomic mass is 15.2. The predicted molar refractivity (Wildman–Crippen MR) is 82.0 cm³/mol. The molecule has 0 N–H and O–H groups in total. The maximum Gasteiger partial charge on any atom is 0.0570 e. The second kappa shape index (κ2) is 7.07. The Bertz CT molecular complexity index is 583. The van der Waals surface area contributed by atoms with Gasteiger partial charge in [-0.1, -0.05) is 60.7 Å². The minimum Gasteiger partial charge on any atom is -0.159 e. The fourth-order valence-corrected chi connectivity index (χ4v) is 1.74. The maximum atomic E-state index is 4.09. The molecule has 0 heterocycles. The molecule has 19 heavy (non-hydrogen) atoms. The quantitative estimate of drug-likeness (QED) is 0.436. The van der Waals surface area contributed by atoms with Crippen molar-refractivity contribution in [1.29, 1.82) is 0 Å². The SMILES string of the molecule is C=CCc1ccccc1C=NN=Cc1ccccc1. The highest BCUT2D eigenvalue weighted by molar-refractivity contribution is 5.83. The molecule has 2 rings (SSSR count). The Balaban J connectivity index is 2.07. The number of allylic oxidation sites excluding steroid dienone is 1. The van der Waals surface area contributed by atoms with Gasteiger partial charge in [-0.25, -0.2) is 0 Å². The molecule has 0 saturated heterocycles. The molecule has 0 atom stereocenters. The van der Waals surface area contributed by atoms with Crippen LogP contribution in [0.3, 0.4) is 0 Å². The molecule has 0 aliphatic rings. The third-order valence-corrected chi connectivity index (χ3v) is 2.69. The Kier molecular flexibility index (Phi) is 4.82. The first-order chi connectivity index (χ1) is 9.40. The summed E-state index contributed by atoms with van der Waals surface area (Å²) in [7, 11) is 0. The Morgan fingerprint density at radius 2 is 1.53 bits per heavy atom. The van der Waals surface area contributed by atoms with E-state index in [1.165, 1.54) is 5.56 Å². The van der Waals surface area contributed by atoms with Gasteiger partial charge >= 0.3 is 0 Å². The molecule has 0 unspecified atom stereocenters. The molecule has 0 fully saturated rings. The van der Waals surface area contributed by atoms with E-state index in [2.05, 4.69) is 22.8 Å². The standard InChI is InChI=1S/C17H16N2/c1-2-8-16-11-6-7-12-17(16)14-19-18-13-15-9-4-3-5-10-15/h2-7,9-14H,1,8H2. The summed E-state index contributed by atoms with van der Waals surface area (Å²) in [5, 5.41) is 8.15. The van der Waals surface area contributed by atoms with Crippen molar-refractivity contribution < 1.29 is 0 Å². The van der Waals surface area contributed by atoms with Gasteiger partial charge in [0.2, 0.25) is 0 Å². The van der Waals surface area contributed by atoms with Crippen LogP contribution in [0.25, 0.3) is 0 Å². The summed E-state index contributed by atoms with van der Waals surface area (Å²) in [5.41, 5.74) is 3.32. The van der Waals surface area contributed by atoms with Gasteiger partial charge in [-0.15, -0.1) is 6.58 Å². The van der Waals surface area contributed by atoms with Crippen LogP contribution in [0.4, 0.5) is 0 Å². The zero-order chi connectivity index (χ0) is 13.3. The van der Waals surface area contributed by atoms with Gasteiger partial charge in [0.05, 0.1) is 12.4 Å². The van der Waals surface area contributed by atoms with Crippen LogP contribution in [0.15, 0.2) is 77.5 Å². The smallest absolute Gasteiger partial charge is 0.0570 e. The lowest BCUT2D eigenvalue weighted by molar-refractivity contribution is 1.24. The summed E-state index contributed by atoms with van der Waals surface area (Å²) in [4.78, 5) is 0. The van der Waals surface area contributed by atoms with Crippen molar-refractivity contribution in [3.05, 3.63) is 83.9 Å². The van der Waals surface area contributed by atoms with E-state index in [4.69, 9.17) is 0 Å². The number of hydrogen-bond acceptors (Lipinski definition) is 2. The van der Waals surface area contributed by atoms with Gasteiger partial charge in [0, 0.05) is 0 Å². The Hall–Kier alpha value is -2.48. The van der Waals surface area contributed by atoms with E-state index in [-0.39, 0.29) is 0 Å². The lowest BCUT2D eigenvalue weighted by Gasteiger charge is -2.00. The summed E-state index contributed by atoms with van der Waals surface area (Å²) >= 11 is 0. The monoisotopic (exact) mass is 248 g/mol. The van der Waals surface area contributed by atoms with Crippen LogP contribution in [-0.2, 0) is 6.42 Å². The molecule has 2 heteroatoms. The van der Waals surface area contributed by atoms with E-state index in [0.29, 0.717) is 0 Å². The molecule has 2 aromatic carbocycles. The molecule has 0 aromatic heterocycles. The van der Waals surface area contributed by atoms with E-state index >= 15 is 0 Å². The molecule has 0 aliphatic carbocycles. The van der Waals surface area contributed by atoms with Crippen LogP contribution in [-0.4, -0.2) is 12.4 Å². The van der Waals surface area contributed by atoms with Crippen molar-refractivity contribution in [3.63, 3.8) is 0 Å². The normalized spacial score (nSPS) is 11.2. The number of rotatable bonds is 5. The van der Waals surface area contributed by atoms with Gasteiger partial charge in [0.25, 0.3) is 0 Å². The van der Waals surface area contributed by atoms with E-state index in [1.807, 2.05) is 54.6 Å². The predicted octanol–water partition coefficient (Wildman–Crippen LogP) is 3.87. The molecule has 94 valence electrons. The minimum absolute atomic E-state index is 0.838. The average Bonchev–Trinajstić information content (AvgIpc) is 2.47. The first kappa shape index (κ1) is 13.0. The summed E-state index contributed by atoms with van der Waals surface area (Å²) in [6.45, 7) is 3.76. The lowest BCUT2D eigenvalue weighted by Crippen LogP contribution is -1.90. The van der Waals surface area contributed by atoms with Crippen molar-refractivity contribution in [3.8, 4) is 0 Å². The Morgan fingerprint density at radius 3 is 2.32 bits per heavy atom. The van der Waals surface area contributed by atoms with Crippen LogP contribution >= 0.6 is 0 Å². The van der Waals surface area contributed by atoms with Crippen LogP contribution in [0, 0.1) is 0 Å². The van der Waals surface area contributed by atoms with Crippen molar-refractivity contribution in [2.45, 2.75) is 6.42 Å².